The van der Waals surface area contributed by atoms with Crippen molar-refractivity contribution in [2.75, 3.05) is 7.05 Å². The van der Waals surface area contributed by atoms with Gasteiger partial charge in [-0.2, -0.15) is 0 Å². The highest BCUT2D eigenvalue weighted by Gasteiger charge is 2.18. The molecule has 0 atom stereocenters. The lowest BCUT2D eigenvalue weighted by Crippen LogP contribution is -2.06. The topological polar surface area (TPSA) is 17.0 Å². The number of fused-ring (bicyclic) bond motifs is 1. The third-order valence-corrected chi connectivity index (χ3v) is 6.58. The van der Waals surface area contributed by atoms with Crippen LogP contribution in [0.2, 0.25) is 0 Å². The van der Waals surface area contributed by atoms with E-state index in [-0.39, 0.29) is 5.82 Å². The standard InChI is InChI=1S/C24H29N.C9H12FN/c1-5-7-11-19-14-15-22-21(6-2)24(18(3)4)25(23(22)16-19)17-20-12-9-8-10-13-20;1-7-3-4-8(6-11-2)5-9(7)10/h6,8-10,12-16,18H,2,5,7,11,17H2,1,3-4H3;3-5,11H,6H2,1-2H3. The van der Waals surface area contributed by atoms with E-state index in [0.717, 1.165) is 25.1 Å². The summed E-state index contributed by atoms with van der Waals surface area (Å²) < 4.78 is 15.4. The monoisotopic (exact) mass is 484 g/mol. The molecule has 0 saturated carbocycles. The lowest BCUT2D eigenvalue weighted by Gasteiger charge is -2.15. The summed E-state index contributed by atoms with van der Waals surface area (Å²) in [4.78, 5) is 0. The molecule has 3 heteroatoms. The van der Waals surface area contributed by atoms with Gasteiger partial charge in [0.15, 0.2) is 0 Å². The second-order valence-corrected chi connectivity index (χ2v) is 9.80. The molecule has 36 heavy (non-hydrogen) atoms. The molecule has 0 aliphatic rings. The minimum Gasteiger partial charge on any atom is -0.339 e. The molecule has 4 aromatic rings. The van der Waals surface area contributed by atoms with Crippen molar-refractivity contribution >= 4 is 17.0 Å². The maximum absolute atomic E-state index is 12.9. The normalized spacial score (nSPS) is 11.0. The van der Waals surface area contributed by atoms with Gasteiger partial charge in [0.25, 0.3) is 0 Å². The van der Waals surface area contributed by atoms with Crippen molar-refractivity contribution in [3.63, 3.8) is 0 Å². The Morgan fingerprint density at radius 2 is 1.69 bits per heavy atom. The van der Waals surface area contributed by atoms with E-state index >= 15 is 0 Å². The molecule has 0 unspecified atom stereocenters. The summed E-state index contributed by atoms with van der Waals surface area (Å²) in [6.45, 7) is 14.3. The van der Waals surface area contributed by atoms with E-state index < -0.39 is 0 Å². The van der Waals surface area contributed by atoms with Crippen LogP contribution in [-0.2, 0) is 19.5 Å². The molecule has 0 saturated heterocycles. The fraction of sp³-hybridized carbons (Fsp3) is 0.333. The Kier molecular flexibility index (Phi) is 10.1. The van der Waals surface area contributed by atoms with Gasteiger partial charge in [0, 0.05) is 35.2 Å². The van der Waals surface area contributed by atoms with Crippen molar-refractivity contribution in [3.8, 4) is 0 Å². The number of aromatic nitrogens is 1. The number of hydrogen-bond acceptors (Lipinski definition) is 1. The number of unbranched alkanes of at least 4 members (excludes halogenated alkanes) is 1. The van der Waals surface area contributed by atoms with Gasteiger partial charge in [-0.15, -0.1) is 0 Å². The van der Waals surface area contributed by atoms with Crippen LogP contribution in [0, 0.1) is 12.7 Å². The average Bonchev–Trinajstić information content (AvgIpc) is 3.19. The third-order valence-electron chi connectivity index (χ3n) is 6.58. The highest BCUT2D eigenvalue weighted by Crippen LogP contribution is 2.33. The van der Waals surface area contributed by atoms with Gasteiger partial charge in [-0.05, 0) is 67.1 Å². The molecule has 4 rings (SSSR count). The number of rotatable bonds is 9. The van der Waals surface area contributed by atoms with E-state index in [4.69, 9.17) is 0 Å². The van der Waals surface area contributed by atoms with Crippen molar-refractivity contribution in [1.29, 1.82) is 0 Å². The minimum absolute atomic E-state index is 0.127. The maximum atomic E-state index is 12.9. The number of halogens is 1. The summed E-state index contributed by atoms with van der Waals surface area (Å²) in [7, 11) is 1.85. The summed E-state index contributed by atoms with van der Waals surface area (Å²) >= 11 is 0. The quantitative estimate of drug-likeness (QED) is 0.251. The lowest BCUT2D eigenvalue weighted by molar-refractivity contribution is 0.614. The summed E-state index contributed by atoms with van der Waals surface area (Å²) in [6, 6.07) is 23.0. The van der Waals surface area contributed by atoms with Gasteiger partial charge in [0.1, 0.15) is 5.82 Å². The highest BCUT2D eigenvalue weighted by atomic mass is 19.1. The SMILES string of the molecule is C=Cc1c(C(C)C)n(Cc2ccccc2)c2cc(CCCC)ccc12.CNCc1ccc(C)c(F)c1. The van der Waals surface area contributed by atoms with Crippen LogP contribution in [0.15, 0.2) is 73.3 Å². The molecule has 1 aromatic heterocycles. The predicted molar refractivity (Wildman–Crippen MR) is 154 cm³/mol. The van der Waals surface area contributed by atoms with E-state index in [1.54, 1.807) is 19.1 Å². The number of aryl methyl sites for hydroxylation is 2. The van der Waals surface area contributed by atoms with Crippen LogP contribution in [-0.4, -0.2) is 11.6 Å². The van der Waals surface area contributed by atoms with E-state index in [0.29, 0.717) is 11.5 Å². The van der Waals surface area contributed by atoms with Crippen molar-refractivity contribution < 1.29 is 4.39 Å². The first-order valence-electron chi connectivity index (χ1n) is 13.1. The molecular weight excluding hydrogens is 443 g/mol. The average molecular weight is 485 g/mol. The van der Waals surface area contributed by atoms with Gasteiger partial charge in [-0.1, -0.05) is 94.4 Å². The second-order valence-electron chi connectivity index (χ2n) is 9.80. The Morgan fingerprint density at radius 1 is 0.972 bits per heavy atom. The van der Waals surface area contributed by atoms with Crippen LogP contribution < -0.4 is 5.32 Å². The number of benzene rings is 3. The van der Waals surface area contributed by atoms with E-state index in [1.807, 2.05) is 19.2 Å². The van der Waals surface area contributed by atoms with Crippen LogP contribution >= 0.6 is 0 Å². The summed E-state index contributed by atoms with van der Waals surface area (Å²) in [5.41, 5.74) is 8.49. The zero-order valence-electron chi connectivity index (χ0n) is 22.6. The lowest BCUT2D eigenvalue weighted by atomic mass is 10.0. The van der Waals surface area contributed by atoms with E-state index in [2.05, 4.69) is 85.8 Å². The van der Waals surface area contributed by atoms with Gasteiger partial charge in [-0.3, -0.25) is 0 Å². The van der Waals surface area contributed by atoms with Crippen LogP contribution in [0.25, 0.3) is 17.0 Å². The minimum atomic E-state index is -0.127. The smallest absolute Gasteiger partial charge is 0.126 e. The van der Waals surface area contributed by atoms with Crippen LogP contribution in [0.4, 0.5) is 4.39 Å². The molecule has 0 bridgehead atoms. The Morgan fingerprint density at radius 3 is 2.31 bits per heavy atom. The second kappa shape index (κ2) is 13.2. The maximum Gasteiger partial charge on any atom is 0.126 e. The highest BCUT2D eigenvalue weighted by molar-refractivity contribution is 5.92. The van der Waals surface area contributed by atoms with Crippen molar-refractivity contribution in [2.45, 2.75) is 66.0 Å². The molecular formula is C33H41FN2. The number of hydrogen-bond donors (Lipinski definition) is 1. The third kappa shape index (κ3) is 6.73. The summed E-state index contributed by atoms with van der Waals surface area (Å²) in [6.07, 6.45) is 5.67. The van der Waals surface area contributed by atoms with Crippen LogP contribution in [0.5, 0.6) is 0 Å². The van der Waals surface area contributed by atoms with Crippen LogP contribution in [0.1, 0.15) is 73.0 Å². The largest absolute Gasteiger partial charge is 0.339 e. The first-order chi connectivity index (χ1) is 17.4. The van der Waals surface area contributed by atoms with Gasteiger partial charge < -0.3 is 9.88 Å². The van der Waals surface area contributed by atoms with Gasteiger partial charge in [-0.25, -0.2) is 4.39 Å². The Labute approximate surface area is 216 Å². The zero-order valence-corrected chi connectivity index (χ0v) is 22.6. The molecule has 0 amide bonds. The Hall–Kier alpha value is -3.17. The Balaban J connectivity index is 0.000000275. The first kappa shape index (κ1) is 27.4. The molecule has 0 aliphatic carbocycles. The molecule has 3 aromatic carbocycles. The molecule has 0 fully saturated rings. The Bertz CT molecular complexity index is 1270. The molecule has 1 N–H and O–H groups in total. The molecule has 0 aliphatic heterocycles. The van der Waals surface area contributed by atoms with E-state index in [1.165, 1.54) is 46.1 Å². The van der Waals surface area contributed by atoms with Gasteiger partial charge >= 0.3 is 0 Å². The van der Waals surface area contributed by atoms with Crippen molar-refractivity contribution in [1.82, 2.24) is 9.88 Å². The fourth-order valence-electron chi connectivity index (χ4n) is 4.70. The van der Waals surface area contributed by atoms with Crippen LogP contribution in [0.3, 0.4) is 0 Å². The molecule has 2 nitrogen and oxygen atoms in total. The molecule has 1 heterocycles. The fourth-order valence-corrected chi connectivity index (χ4v) is 4.70. The molecule has 190 valence electrons. The number of nitrogens with zero attached hydrogens (tertiary/aromatic N) is 1. The first-order valence-corrected chi connectivity index (χ1v) is 13.1. The van der Waals surface area contributed by atoms with Crippen molar-refractivity contribution in [3.05, 3.63) is 113 Å². The summed E-state index contributed by atoms with van der Waals surface area (Å²) in [5.74, 6) is 0.334. The summed E-state index contributed by atoms with van der Waals surface area (Å²) in [5, 5.41) is 4.29. The zero-order chi connectivity index (χ0) is 26.1. The van der Waals surface area contributed by atoms with Crippen molar-refractivity contribution in [2.24, 2.45) is 0 Å². The van der Waals surface area contributed by atoms with Gasteiger partial charge in [0.2, 0.25) is 0 Å². The van der Waals surface area contributed by atoms with Gasteiger partial charge in [0.05, 0.1) is 0 Å². The predicted octanol–water partition coefficient (Wildman–Crippen LogP) is 8.65. The number of nitrogens with one attached hydrogen (secondary N) is 1. The molecule has 0 radical (unpaired) electrons. The molecule has 0 spiro atoms. The van der Waals surface area contributed by atoms with E-state index in [9.17, 15) is 4.39 Å².